The van der Waals surface area contributed by atoms with Crippen LogP contribution in [0.25, 0.3) is 11.1 Å². The van der Waals surface area contributed by atoms with E-state index >= 15 is 0 Å². The van der Waals surface area contributed by atoms with E-state index in [4.69, 9.17) is 9.72 Å². The number of nitrogens with one attached hydrogen (secondary N) is 1. The van der Waals surface area contributed by atoms with Crippen LogP contribution in [0.1, 0.15) is 75.8 Å². The van der Waals surface area contributed by atoms with E-state index in [1.807, 2.05) is 67.1 Å². The predicted octanol–water partition coefficient (Wildman–Crippen LogP) is 6.86. The minimum Gasteiger partial charge on any atom is -0.480 e. The Bertz CT molecular complexity index is 1250. The number of hydrogen-bond donors (Lipinski definition) is 2. The normalized spacial score (nSPS) is 14.7. The summed E-state index contributed by atoms with van der Waals surface area (Å²) < 4.78 is 6.04. The summed E-state index contributed by atoms with van der Waals surface area (Å²) in [5, 5.41) is 13.6. The Morgan fingerprint density at radius 3 is 2.69 bits per heavy atom. The Morgan fingerprint density at radius 2 is 1.95 bits per heavy atom. The second kappa shape index (κ2) is 14.6. The van der Waals surface area contributed by atoms with Gasteiger partial charge in [-0.15, -0.1) is 11.3 Å². The zero-order chi connectivity index (χ0) is 27.6. The van der Waals surface area contributed by atoms with Gasteiger partial charge >= 0.3 is 5.97 Å². The first kappa shape index (κ1) is 29.3. The van der Waals surface area contributed by atoms with Crippen LogP contribution in [0.4, 0.5) is 0 Å². The van der Waals surface area contributed by atoms with E-state index in [0.717, 1.165) is 28.7 Å². The van der Waals surface area contributed by atoms with Crippen LogP contribution in [0.3, 0.4) is 0 Å². The molecule has 2 N–H and O–H groups in total. The first-order chi connectivity index (χ1) is 19.0. The lowest BCUT2D eigenvalue weighted by Gasteiger charge is -2.18. The van der Waals surface area contributed by atoms with Crippen molar-refractivity contribution in [2.75, 3.05) is 18.6 Å². The molecule has 0 aliphatic heterocycles. The summed E-state index contributed by atoms with van der Waals surface area (Å²) in [7, 11) is 0. The molecule has 1 saturated carbocycles. The van der Waals surface area contributed by atoms with E-state index in [0.29, 0.717) is 36.9 Å². The Balaban J connectivity index is 1.43. The molecule has 1 aromatic heterocycles. The summed E-state index contributed by atoms with van der Waals surface area (Å²) in [6, 6.07) is 12.6. The smallest absolute Gasteiger partial charge is 0.326 e. The molecule has 0 saturated heterocycles. The van der Waals surface area contributed by atoms with E-state index < -0.39 is 12.0 Å². The number of hydrogen-bond acceptors (Lipinski definition) is 6. The van der Waals surface area contributed by atoms with Gasteiger partial charge in [0, 0.05) is 29.0 Å². The molecule has 0 unspecified atom stereocenters. The van der Waals surface area contributed by atoms with Crippen molar-refractivity contribution in [2.45, 2.75) is 70.4 Å². The van der Waals surface area contributed by atoms with Crippen LogP contribution in [0.5, 0.6) is 0 Å². The third-order valence-corrected chi connectivity index (χ3v) is 9.13. The van der Waals surface area contributed by atoms with E-state index in [2.05, 4.69) is 5.32 Å². The van der Waals surface area contributed by atoms with Crippen LogP contribution >= 0.6 is 23.1 Å². The van der Waals surface area contributed by atoms with Crippen molar-refractivity contribution in [3.05, 3.63) is 75.2 Å². The number of aromatic nitrogens is 1. The lowest BCUT2D eigenvalue weighted by atomic mass is 9.90. The zero-order valence-corrected chi connectivity index (χ0v) is 24.4. The van der Waals surface area contributed by atoms with E-state index in [1.165, 1.54) is 42.0 Å². The molecule has 1 amide bonds. The zero-order valence-electron chi connectivity index (χ0n) is 22.8. The second-order valence-electron chi connectivity index (χ2n) is 10.1. The van der Waals surface area contributed by atoms with E-state index in [-0.39, 0.29) is 5.91 Å². The van der Waals surface area contributed by atoms with Gasteiger partial charge in [0.1, 0.15) is 6.04 Å². The van der Waals surface area contributed by atoms with Crippen LogP contribution < -0.4 is 5.32 Å². The van der Waals surface area contributed by atoms with Crippen molar-refractivity contribution in [1.82, 2.24) is 10.3 Å². The number of aliphatic carboxylic acids is 1. The van der Waals surface area contributed by atoms with Gasteiger partial charge in [-0.1, -0.05) is 49.6 Å². The highest BCUT2D eigenvalue weighted by Gasteiger charge is 2.23. The summed E-state index contributed by atoms with van der Waals surface area (Å²) in [5.74, 6) is -0.119. The molecule has 2 aromatic carbocycles. The van der Waals surface area contributed by atoms with Crippen molar-refractivity contribution in [3.8, 4) is 11.1 Å². The topological polar surface area (TPSA) is 88.5 Å². The number of amides is 1. The van der Waals surface area contributed by atoms with E-state index in [9.17, 15) is 14.7 Å². The van der Waals surface area contributed by atoms with Gasteiger partial charge in [-0.25, -0.2) is 9.78 Å². The van der Waals surface area contributed by atoms with Crippen molar-refractivity contribution >= 4 is 35.0 Å². The first-order valence-electron chi connectivity index (χ1n) is 13.7. The average molecular weight is 567 g/mol. The molecule has 0 spiro atoms. The predicted molar refractivity (Wildman–Crippen MR) is 160 cm³/mol. The summed E-state index contributed by atoms with van der Waals surface area (Å²) in [6.07, 6.45) is 11.6. The van der Waals surface area contributed by atoms with Crippen LogP contribution in [0.15, 0.2) is 48.7 Å². The van der Waals surface area contributed by atoms with E-state index in [1.54, 1.807) is 17.8 Å². The number of benzene rings is 2. The number of thioether (sulfide) groups is 1. The molecule has 0 radical (unpaired) electrons. The van der Waals surface area contributed by atoms with Crippen LogP contribution in [-0.2, 0) is 22.6 Å². The maximum absolute atomic E-state index is 13.3. The molecule has 1 aliphatic carbocycles. The Morgan fingerprint density at radius 1 is 1.15 bits per heavy atom. The summed E-state index contributed by atoms with van der Waals surface area (Å²) in [4.78, 5) is 30.9. The maximum atomic E-state index is 13.3. The Hall–Kier alpha value is -2.68. The highest BCUT2D eigenvalue weighted by molar-refractivity contribution is 7.98. The molecule has 4 rings (SSSR count). The highest BCUT2D eigenvalue weighted by atomic mass is 32.2. The molecule has 6 nitrogen and oxygen atoms in total. The van der Waals surface area contributed by atoms with Gasteiger partial charge in [-0.05, 0) is 72.6 Å². The minimum absolute atomic E-state index is 0.371. The number of rotatable bonds is 13. The summed E-state index contributed by atoms with van der Waals surface area (Å²) in [5.41, 5.74) is 4.19. The minimum atomic E-state index is -1.02. The molecule has 1 aliphatic rings. The highest BCUT2D eigenvalue weighted by Crippen LogP contribution is 2.35. The fourth-order valence-electron chi connectivity index (χ4n) is 5.05. The van der Waals surface area contributed by atoms with Gasteiger partial charge in [0.25, 0.3) is 5.91 Å². The number of nitrogens with zero attached hydrogens (tertiary/aromatic N) is 1. The second-order valence-corrected chi connectivity index (χ2v) is 12.3. The number of carbonyl (C=O) groups is 2. The van der Waals surface area contributed by atoms with Gasteiger partial charge < -0.3 is 15.2 Å². The summed E-state index contributed by atoms with van der Waals surface area (Å²) >= 11 is 3.38. The van der Waals surface area contributed by atoms with Crippen LogP contribution in [0.2, 0.25) is 0 Å². The molecule has 1 heterocycles. The molecule has 3 aromatic rings. The molecule has 0 bridgehead atoms. The van der Waals surface area contributed by atoms with Crippen LogP contribution in [0, 0.1) is 6.92 Å². The molecule has 208 valence electrons. The van der Waals surface area contributed by atoms with Crippen molar-refractivity contribution in [1.29, 1.82) is 0 Å². The lowest BCUT2D eigenvalue weighted by molar-refractivity contribution is -0.139. The van der Waals surface area contributed by atoms with Gasteiger partial charge in [0.15, 0.2) is 0 Å². The molecule has 1 atom stereocenters. The fraction of sp³-hybridized carbons (Fsp3) is 0.452. The number of carbonyl (C=O) groups excluding carboxylic acids is 1. The average Bonchev–Trinajstić information content (AvgIpc) is 3.43. The van der Waals surface area contributed by atoms with Crippen molar-refractivity contribution < 1.29 is 19.4 Å². The van der Waals surface area contributed by atoms with Gasteiger partial charge in [0.05, 0.1) is 18.2 Å². The number of thiazole rings is 1. The SMILES string of the molecule is CSCC[C@H](NC(=O)c1ccc(COCCc2cnc(C3CCCCC3)s2)cc1-c1ccccc1C)C(=O)O. The number of carboxylic acid groups (broad SMARTS) is 1. The van der Waals surface area contributed by atoms with Crippen LogP contribution in [-0.4, -0.2) is 46.6 Å². The van der Waals surface area contributed by atoms with Gasteiger partial charge in [0.2, 0.25) is 0 Å². The van der Waals surface area contributed by atoms with Gasteiger partial charge in [-0.2, -0.15) is 11.8 Å². The molecular weight excluding hydrogens is 528 g/mol. The summed E-state index contributed by atoms with van der Waals surface area (Å²) in [6.45, 7) is 3.04. The molecular formula is C31H38N2O4S2. The third-order valence-electron chi connectivity index (χ3n) is 7.27. The number of aryl methyl sites for hydroxylation is 1. The Labute approximate surface area is 239 Å². The maximum Gasteiger partial charge on any atom is 0.326 e. The Kier molecular flexibility index (Phi) is 11.0. The molecule has 39 heavy (non-hydrogen) atoms. The molecule has 1 fully saturated rings. The largest absolute Gasteiger partial charge is 0.480 e. The quantitative estimate of drug-likeness (QED) is 0.220. The van der Waals surface area contributed by atoms with Crippen molar-refractivity contribution in [3.63, 3.8) is 0 Å². The third kappa shape index (κ3) is 8.16. The monoisotopic (exact) mass is 566 g/mol. The van der Waals surface area contributed by atoms with Crippen molar-refractivity contribution in [2.24, 2.45) is 0 Å². The number of carboxylic acids is 1. The standard InChI is InChI=1S/C31H38N2O4S2/c1-21-8-6-7-11-25(21)27-18-22(12-13-26(27)29(34)33-28(31(35)36)15-17-38-2)20-37-16-14-24-19-32-30(39-24)23-9-4-3-5-10-23/h6-8,11-13,18-19,23,28H,3-5,9-10,14-17,20H2,1-2H3,(H,33,34)(H,35,36)/t28-/m0/s1. The fourth-order valence-corrected chi connectivity index (χ4v) is 6.58. The van der Waals surface area contributed by atoms with Gasteiger partial charge in [-0.3, -0.25) is 4.79 Å². The lowest BCUT2D eigenvalue weighted by Crippen LogP contribution is -2.41. The molecule has 8 heteroatoms. The number of ether oxygens (including phenoxy) is 1. The first-order valence-corrected chi connectivity index (χ1v) is 15.9.